The zero-order valence-corrected chi connectivity index (χ0v) is 22.0. The lowest BCUT2D eigenvalue weighted by Gasteiger charge is -2.24. The summed E-state index contributed by atoms with van der Waals surface area (Å²) in [6, 6.07) is 14.7. The van der Waals surface area contributed by atoms with Crippen molar-refractivity contribution in [3.8, 4) is 6.07 Å². The highest BCUT2D eigenvalue weighted by Gasteiger charge is 2.36. The molecule has 1 aliphatic heterocycles. The molecular weight excluding hydrogens is 522 g/mol. The Morgan fingerprint density at radius 3 is 2.08 bits per heavy atom. The molecule has 2 aromatic carbocycles. The van der Waals surface area contributed by atoms with Crippen molar-refractivity contribution < 1.29 is 28.6 Å². The molecule has 2 heterocycles. The summed E-state index contributed by atoms with van der Waals surface area (Å²) in [4.78, 5) is 50.4. The molecule has 0 radical (unpaired) electrons. The predicted octanol–water partition coefficient (Wildman–Crippen LogP) is 1.47. The number of aromatic nitrogens is 1. The van der Waals surface area contributed by atoms with Crippen LogP contribution in [0.15, 0.2) is 58.9 Å². The molecule has 0 aliphatic carbocycles. The number of allylic oxidation sites excluding steroid dienone is 1. The monoisotopic (exact) mass is 545 g/mol. The topological polar surface area (TPSA) is 151 Å². The molecule has 0 saturated carbocycles. The molecule has 39 heavy (non-hydrogen) atoms. The van der Waals surface area contributed by atoms with Crippen molar-refractivity contribution in [3.05, 3.63) is 95.9 Å². The van der Waals surface area contributed by atoms with Gasteiger partial charge in [-0.25, -0.2) is 14.4 Å². The maximum absolute atomic E-state index is 13.5. The highest BCUT2D eigenvalue weighted by Crippen LogP contribution is 2.36. The highest BCUT2D eigenvalue weighted by molar-refractivity contribution is 7.07. The van der Waals surface area contributed by atoms with Gasteiger partial charge < -0.3 is 19.9 Å². The normalized spacial score (nSPS) is 14.9. The SMILES string of the molecule is CCOC(=O)C1=c2s/c(=C/c3ccc(C(=O)OC)cc3)c(=O)n2C(N)=C(C#N)[C@H]1c1ccc(C(=O)OC)cc1. The van der Waals surface area contributed by atoms with Crippen LogP contribution in [0.1, 0.15) is 44.7 Å². The van der Waals surface area contributed by atoms with Crippen LogP contribution in [0.4, 0.5) is 0 Å². The van der Waals surface area contributed by atoms with E-state index < -0.39 is 29.4 Å². The highest BCUT2D eigenvalue weighted by atomic mass is 32.1. The number of benzene rings is 2. The standard InChI is InChI=1S/C28H23N3O7S/c1-4-38-28(35)22-21(16-9-11-18(12-10-16)27(34)37-3)19(14-29)23(30)31-24(32)20(39-25(22)31)13-15-5-7-17(8-6-15)26(33)36-2/h5-13,21H,4,30H2,1-3H3/b20-13+/t21-/m1/s1. The molecule has 1 aromatic heterocycles. The van der Waals surface area contributed by atoms with Crippen LogP contribution in [0.3, 0.4) is 0 Å². The molecule has 0 saturated heterocycles. The van der Waals surface area contributed by atoms with E-state index in [2.05, 4.69) is 6.07 Å². The molecule has 0 fully saturated rings. The Morgan fingerprint density at radius 1 is 1.00 bits per heavy atom. The van der Waals surface area contributed by atoms with Crippen LogP contribution in [-0.2, 0) is 19.0 Å². The number of thiazole rings is 1. The van der Waals surface area contributed by atoms with E-state index >= 15 is 0 Å². The van der Waals surface area contributed by atoms with Crippen LogP contribution in [0.5, 0.6) is 0 Å². The number of methoxy groups -OCH3 is 2. The molecule has 1 aliphatic rings. The van der Waals surface area contributed by atoms with E-state index in [9.17, 15) is 24.4 Å². The fourth-order valence-corrected chi connectivity index (χ4v) is 5.37. The maximum Gasteiger partial charge on any atom is 0.338 e. The Hall–Kier alpha value is -4.95. The van der Waals surface area contributed by atoms with Gasteiger partial charge in [0.25, 0.3) is 5.56 Å². The first-order valence-electron chi connectivity index (χ1n) is 11.7. The summed E-state index contributed by atoms with van der Waals surface area (Å²) in [5.74, 6) is -2.78. The predicted molar refractivity (Wildman–Crippen MR) is 143 cm³/mol. The minimum absolute atomic E-state index is 0.00903. The van der Waals surface area contributed by atoms with Gasteiger partial charge in [0.15, 0.2) is 0 Å². The van der Waals surface area contributed by atoms with Gasteiger partial charge in [0.1, 0.15) is 10.5 Å². The summed E-state index contributed by atoms with van der Waals surface area (Å²) in [6.07, 6.45) is 1.60. The van der Waals surface area contributed by atoms with Gasteiger partial charge in [0.2, 0.25) is 0 Å². The molecular formula is C28H23N3O7S. The van der Waals surface area contributed by atoms with E-state index in [1.165, 1.54) is 26.4 Å². The third kappa shape index (κ3) is 4.97. The van der Waals surface area contributed by atoms with E-state index in [-0.39, 0.29) is 38.3 Å². The van der Waals surface area contributed by atoms with Crippen LogP contribution in [0.2, 0.25) is 0 Å². The van der Waals surface area contributed by atoms with Gasteiger partial charge in [-0.05, 0) is 48.4 Å². The molecule has 198 valence electrons. The number of carbonyl (C=O) groups is 3. The molecule has 1 atom stereocenters. The van der Waals surface area contributed by atoms with Gasteiger partial charge in [-0.15, -0.1) is 11.3 Å². The number of ether oxygens (including phenoxy) is 3. The molecule has 4 rings (SSSR count). The second kappa shape index (κ2) is 11.2. The number of esters is 3. The van der Waals surface area contributed by atoms with Crippen LogP contribution < -0.4 is 20.5 Å². The van der Waals surface area contributed by atoms with Crippen molar-refractivity contribution in [2.75, 3.05) is 20.8 Å². The van der Waals surface area contributed by atoms with Crippen LogP contribution in [-0.4, -0.2) is 43.3 Å². The minimum atomic E-state index is -0.939. The molecule has 11 heteroatoms. The first-order valence-corrected chi connectivity index (χ1v) is 12.5. The number of nitrogens with two attached hydrogens (primary N) is 1. The molecule has 0 amide bonds. The smallest absolute Gasteiger partial charge is 0.338 e. The Balaban J connectivity index is 1.97. The van der Waals surface area contributed by atoms with Crippen LogP contribution in [0, 0.1) is 11.3 Å². The van der Waals surface area contributed by atoms with Gasteiger partial charge >= 0.3 is 17.9 Å². The first-order chi connectivity index (χ1) is 18.7. The maximum atomic E-state index is 13.5. The molecule has 10 nitrogen and oxygen atoms in total. The fourth-order valence-electron chi connectivity index (χ4n) is 4.20. The summed E-state index contributed by atoms with van der Waals surface area (Å²) >= 11 is 1.03. The second-order valence-electron chi connectivity index (χ2n) is 8.26. The summed E-state index contributed by atoms with van der Waals surface area (Å²) in [5.41, 5.74) is 7.67. The number of nitriles is 1. The van der Waals surface area contributed by atoms with Gasteiger partial charge in [-0.2, -0.15) is 5.26 Å². The van der Waals surface area contributed by atoms with Crippen molar-refractivity contribution >= 4 is 46.7 Å². The van der Waals surface area contributed by atoms with E-state index in [1.807, 2.05) is 0 Å². The number of rotatable bonds is 6. The van der Waals surface area contributed by atoms with E-state index in [1.54, 1.807) is 49.4 Å². The summed E-state index contributed by atoms with van der Waals surface area (Å²) in [7, 11) is 2.55. The lowest BCUT2D eigenvalue weighted by Crippen LogP contribution is -2.40. The molecule has 3 aromatic rings. The van der Waals surface area contributed by atoms with Gasteiger partial charge in [-0.1, -0.05) is 24.3 Å². The average Bonchev–Trinajstić information content (AvgIpc) is 3.27. The zero-order valence-electron chi connectivity index (χ0n) is 21.2. The third-order valence-electron chi connectivity index (χ3n) is 6.06. The van der Waals surface area contributed by atoms with E-state index in [4.69, 9.17) is 19.9 Å². The lowest BCUT2D eigenvalue weighted by atomic mass is 9.83. The number of carbonyl (C=O) groups excluding carboxylic acids is 3. The average molecular weight is 546 g/mol. The van der Waals surface area contributed by atoms with Crippen molar-refractivity contribution in [1.29, 1.82) is 5.26 Å². The number of fused-ring (bicyclic) bond motifs is 1. The number of hydrogen-bond donors (Lipinski definition) is 1. The van der Waals surface area contributed by atoms with E-state index in [0.717, 1.165) is 15.9 Å². The Bertz CT molecular complexity index is 1720. The molecule has 0 unspecified atom stereocenters. The molecule has 0 spiro atoms. The number of hydrogen-bond acceptors (Lipinski definition) is 10. The first kappa shape index (κ1) is 27.1. The fraction of sp³-hybridized carbons (Fsp3) is 0.179. The van der Waals surface area contributed by atoms with Crippen molar-refractivity contribution in [2.45, 2.75) is 12.8 Å². The quantitative estimate of drug-likeness (QED) is 0.359. The molecule has 0 bridgehead atoms. The van der Waals surface area contributed by atoms with Crippen molar-refractivity contribution in [3.63, 3.8) is 0 Å². The zero-order chi connectivity index (χ0) is 28.3. The largest absolute Gasteiger partial charge is 0.465 e. The van der Waals surface area contributed by atoms with Gasteiger partial charge in [0, 0.05) is 0 Å². The summed E-state index contributed by atoms with van der Waals surface area (Å²) in [6.45, 7) is 1.72. The Labute approximate surface area is 226 Å². The van der Waals surface area contributed by atoms with Crippen molar-refractivity contribution in [1.82, 2.24) is 4.57 Å². The van der Waals surface area contributed by atoms with Crippen molar-refractivity contribution in [2.24, 2.45) is 5.73 Å². The van der Waals surface area contributed by atoms with E-state index in [0.29, 0.717) is 16.7 Å². The third-order valence-corrected chi connectivity index (χ3v) is 7.17. The Morgan fingerprint density at radius 2 is 1.56 bits per heavy atom. The van der Waals surface area contributed by atoms with Crippen LogP contribution >= 0.6 is 11.3 Å². The van der Waals surface area contributed by atoms with Gasteiger partial charge in [0.05, 0.1) is 59.6 Å². The minimum Gasteiger partial charge on any atom is -0.465 e. The number of nitrogens with zero attached hydrogens (tertiary/aromatic N) is 2. The second-order valence-corrected chi connectivity index (χ2v) is 9.29. The Kier molecular flexibility index (Phi) is 7.78. The lowest BCUT2D eigenvalue weighted by molar-refractivity contribution is -0.136. The molecule has 2 N–H and O–H groups in total. The van der Waals surface area contributed by atoms with Crippen LogP contribution in [0.25, 0.3) is 17.5 Å². The van der Waals surface area contributed by atoms with Gasteiger partial charge in [-0.3, -0.25) is 9.36 Å². The summed E-state index contributed by atoms with van der Waals surface area (Å²) in [5, 5.41) is 10.1. The summed E-state index contributed by atoms with van der Waals surface area (Å²) < 4.78 is 16.4.